The van der Waals surface area contributed by atoms with Gasteiger partial charge in [-0.3, -0.25) is 10.2 Å². The van der Waals surface area contributed by atoms with Gasteiger partial charge in [-0.1, -0.05) is 54.6 Å². The fourth-order valence-corrected chi connectivity index (χ4v) is 2.87. The number of nitrogens with two attached hydrogens (primary N) is 1. The van der Waals surface area contributed by atoms with Crippen LogP contribution < -0.4 is 16.4 Å². The molecule has 0 aromatic heterocycles. The van der Waals surface area contributed by atoms with Gasteiger partial charge in [0.15, 0.2) is 6.04 Å². The minimum Gasteiger partial charge on any atom is -0.479 e. The number of nitrogens with one attached hydrogen (secondary N) is 3. The summed E-state index contributed by atoms with van der Waals surface area (Å²) in [4.78, 5) is 37.6. The molecule has 6 N–H and O–H groups in total. The number of amidine groups is 1. The lowest BCUT2D eigenvalue weighted by Crippen LogP contribution is -2.46. The lowest BCUT2D eigenvalue weighted by molar-refractivity contribution is -0.139. The van der Waals surface area contributed by atoms with Crippen LogP contribution in [0.1, 0.15) is 29.7 Å². The Labute approximate surface area is 186 Å². The Morgan fingerprint density at radius 1 is 1.12 bits per heavy atom. The number of likely N-dealkylation sites (N-methyl/N-ethyl adjacent to an activating group) is 1. The lowest BCUT2D eigenvalue weighted by atomic mass is 10.1. The van der Waals surface area contributed by atoms with Crippen LogP contribution in [-0.4, -0.2) is 53.4 Å². The topological polar surface area (TPSA) is 149 Å². The fourth-order valence-electron chi connectivity index (χ4n) is 2.87. The number of urea groups is 1. The summed E-state index contributed by atoms with van der Waals surface area (Å²) in [5.41, 5.74) is 7.26. The van der Waals surface area contributed by atoms with Crippen LogP contribution in [0.5, 0.6) is 0 Å². The number of rotatable bonds is 10. The third-order valence-electron chi connectivity index (χ3n) is 4.65. The molecule has 9 nitrogen and oxygen atoms in total. The molecule has 0 aliphatic rings. The van der Waals surface area contributed by atoms with Gasteiger partial charge in [-0.2, -0.15) is 0 Å². The summed E-state index contributed by atoms with van der Waals surface area (Å²) in [7, 11) is 0. The molecule has 0 spiro atoms. The number of hydrogen-bond donors (Lipinski definition) is 5. The van der Waals surface area contributed by atoms with Gasteiger partial charge in [0.05, 0.1) is 0 Å². The quantitative estimate of drug-likeness (QED) is 0.219. The minimum atomic E-state index is -1.16. The first-order valence-electron chi connectivity index (χ1n) is 10.1. The third kappa shape index (κ3) is 7.28. The number of amides is 3. The molecule has 9 heteroatoms. The van der Waals surface area contributed by atoms with E-state index in [1.807, 2.05) is 0 Å². The maximum absolute atomic E-state index is 12.5. The first-order valence-corrected chi connectivity index (χ1v) is 10.1. The van der Waals surface area contributed by atoms with E-state index < -0.39 is 18.0 Å². The largest absolute Gasteiger partial charge is 0.479 e. The van der Waals surface area contributed by atoms with Gasteiger partial charge in [0.2, 0.25) is 5.91 Å². The molecule has 3 amide bonds. The Morgan fingerprint density at radius 3 is 2.34 bits per heavy atom. The summed E-state index contributed by atoms with van der Waals surface area (Å²) in [6.45, 7) is 2.54. The van der Waals surface area contributed by atoms with Crippen molar-refractivity contribution in [3.05, 3.63) is 77.4 Å². The van der Waals surface area contributed by atoms with Gasteiger partial charge in [-0.25, -0.2) is 9.59 Å². The van der Waals surface area contributed by atoms with Gasteiger partial charge in [0.25, 0.3) is 0 Å². The van der Waals surface area contributed by atoms with Gasteiger partial charge >= 0.3 is 12.0 Å². The zero-order valence-corrected chi connectivity index (χ0v) is 17.7. The van der Waals surface area contributed by atoms with Crippen LogP contribution in [-0.2, 0) is 9.59 Å². The minimum absolute atomic E-state index is 0.0266. The fraction of sp³-hybridized carbons (Fsp3) is 0.217. The summed E-state index contributed by atoms with van der Waals surface area (Å²) in [6, 6.07) is 13.6. The predicted octanol–water partition coefficient (Wildman–Crippen LogP) is 1.96. The second-order valence-corrected chi connectivity index (χ2v) is 6.87. The number of nitrogens with zero attached hydrogens (tertiary/aromatic N) is 1. The maximum atomic E-state index is 12.5. The van der Waals surface area contributed by atoms with Gasteiger partial charge < -0.3 is 26.4 Å². The molecule has 2 aromatic carbocycles. The van der Waals surface area contributed by atoms with E-state index in [2.05, 4.69) is 10.6 Å². The highest BCUT2D eigenvalue weighted by Gasteiger charge is 2.24. The van der Waals surface area contributed by atoms with Gasteiger partial charge in [-0.15, -0.1) is 0 Å². The zero-order valence-electron chi connectivity index (χ0n) is 17.7. The third-order valence-corrected chi connectivity index (χ3v) is 4.65. The van der Waals surface area contributed by atoms with E-state index in [9.17, 15) is 19.5 Å². The first kappa shape index (κ1) is 24.1. The van der Waals surface area contributed by atoms with Crippen LogP contribution in [0, 0.1) is 5.41 Å². The highest BCUT2D eigenvalue weighted by molar-refractivity contribution is 5.95. The van der Waals surface area contributed by atoms with Crippen molar-refractivity contribution < 1.29 is 19.5 Å². The van der Waals surface area contributed by atoms with Crippen molar-refractivity contribution in [2.45, 2.75) is 13.0 Å². The van der Waals surface area contributed by atoms with E-state index in [0.717, 1.165) is 5.56 Å². The monoisotopic (exact) mass is 437 g/mol. The molecule has 1 unspecified atom stereocenters. The Kier molecular flexibility index (Phi) is 8.97. The molecule has 32 heavy (non-hydrogen) atoms. The first-order chi connectivity index (χ1) is 15.3. The van der Waals surface area contributed by atoms with Crippen LogP contribution in [0.3, 0.4) is 0 Å². The molecule has 2 rings (SSSR count). The van der Waals surface area contributed by atoms with Crippen LogP contribution in [0.4, 0.5) is 4.79 Å². The van der Waals surface area contributed by atoms with Crippen molar-refractivity contribution in [2.75, 3.05) is 19.6 Å². The number of hydrogen-bond acceptors (Lipinski definition) is 4. The van der Waals surface area contributed by atoms with E-state index in [0.29, 0.717) is 17.7 Å². The Hall–Kier alpha value is -4.14. The predicted molar refractivity (Wildman–Crippen MR) is 122 cm³/mol. The van der Waals surface area contributed by atoms with E-state index >= 15 is 0 Å². The van der Waals surface area contributed by atoms with Gasteiger partial charge in [0, 0.05) is 31.3 Å². The molecule has 0 heterocycles. The number of carboxylic acid groups (broad SMARTS) is 1. The van der Waals surface area contributed by atoms with Crippen LogP contribution >= 0.6 is 0 Å². The smallest absolute Gasteiger partial charge is 0.330 e. The average molecular weight is 438 g/mol. The molecule has 0 bridgehead atoms. The zero-order chi connectivity index (χ0) is 23.5. The molecule has 168 valence electrons. The van der Waals surface area contributed by atoms with Gasteiger partial charge in [-0.05, 0) is 24.1 Å². The average Bonchev–Trinajstić information content (AvgIpc) is 2.79. The van der Waals surface area contributed by atoms with Crippen molar-refractivity contribution in [1.82, 2.24) is 15.5 Å². The van der Waals surface area contributed by atoms with E-state index in [4.69, 9.17) is 11.1 Å². The SMILES string of the molecule is CCN(CCNC(=O)/C=C/c1ccc(C(=N)N)cc1)C(=O)NC(C(=O)O)c1ccccc1. The van der Waals surface area contributed by atoms with Crippen molar-refractivity contribution in [3.8, 4) is 0 Å². The molecule has 0 saturated carbocycles. The standard InChI is InChI=1S/C23H27N5O4/c1-2-28(23(32)27-20(22(30)31)17-6-4-3-5-7-17)15-14-26-19(29)13-10-16-8-11-18(12-9-16)21(24)25/h3-13,20H,2,14-15H2,1H3,(H3,24,25)(H,26,29)(H,27,32)(H,30,31)/b13-10+. The normalized spacial score (nSPS) is 11.5. The van der Waals surface area contributed by atoms with Gasteiger partial charge in [0.1, 0.15) is 5.84 Å². The molecule has 2 aromatic rings. The molecule has 1 atom stereocenters. The Bertz CT molecular complexity index is 974. The highest BCUT2D eigenvalue weighted by Crippen LogP contribution is 2.13. The number of carbonyl (C=O) groups is 3. The van der Waals surface area contributed by atoms with E-state index in [-0.39, 0.29) is 24.8 Å². The molecule has 0 aliphatic carbocycles. The van der Waals surface area contributed by atoms with Crippen molar-refractivity contribution in [3.63, 3.8) is 0 Å². The Balaban J connectivity index is 1.85. The maximum Gasteiger partial charge on any atom is 0.330 e. The number of carboxylic acids is 1. The van der Waals surface area contributed by atoms with Crippen molar-refractivity contribution in [1.29, 1.82) is 5.41 Å². The number of nitrogen functional groups attached to an aromatic ring is 1. The Morgan fingerprint density at radius 2 is 1.78 bits per heavy atom. The number of benzene rings is 2. The molecule has 0 radical (unpaired) electrons. The molecule has 0 saturated heterocycles. The molecular weight excluding hydrogens is 410 g/mol. The second kappa shape index (κ2) is 11.9. The lowest BCUT2D eigenvalue weighted by Gasteiger charge is -2.24. The number of aliphatic carboxylic acids is 1. The second-order valence-electron chi connectivity index (χ2n) is 6.87. The van der Waals surface area contributed by atoms with E-state index in [1.54, 1.807) is 67.6 Å². The van der Waals surface area contributed by atoms with Crippen LogP contribution in [0.25, 0.3) is 6.08 Å². The molecular formula is C23H27N5O4. The molecule has 0 aliphatic heterocycles. The number of carbonyl (C=O) groups excluding carboxylic acids is 2. The molecule has 0 fully saturated rings. The summed E-state index contributed by atoms with van der Waals surface area (Å²) >= 11 is 0. The van der Waals surface area contributed by atoms with E-state index in [1.165, 1.54) is 11.0 Å². The van der Waals surface area contributed by atoms with Crippen LogP contribution in [0.15, 0.2) is 60.7 Å². The summed E-state index contributed by atoms with van der Waals surface area (Å²) in [6.07, 6.45) is 3.00. The summed E-state index contributed by atoms with van der Waals surface area (Å²) in [5.74, 6) is -1.51. The summed E-state index contributed by atoms with van der Waals surface area (Å²) < 4.78 is 0. The van der Waals surface area contributed by atoms with Crippen molar-refractivity contribution in [2.24, 2.45) is 5.73 Å². The summed E-state index contributed by atoms with van der Waals surface area (Å²) in [5, 5.41) is 22.0. The van der Waals surface area contributed by atoms with Crippen LogP contribution in [0.2, 0.25) is 0 Å². The highest BCUT2D eigenvalue weighted by atomic mass is 16.4. The van der Waals surface area contributed by atoms with Crippen molar-refractivity contribution >= 4 is 29.8 Å².